The third-order valence-electron chi connectivity index (χ3n) is 3.73. The van der Waals surface area contributed by atoms with E-state index in [1.165, 1.54) is 34.5 Å². The second kappa shape index (κ2) is 6.91. The largest absolute Gasteiger partial charge is 0.478 e. The Balaban J connectivity index is 1.92. The maximum absolute atomic E-state index is 12.9. The first kappa shape index (κ1) is 18.1. The normalized spacial score (nSPS) is 11.7. The van der Waals surface area contributed by atoms with Gasteiger partial charge in [0.1, 0.15) is 5.01 Å². The summed E-state index contributed by atoms with van der Waals surface area (Å²) >= 11 is 1.33. The molecule has 2 heterocycles. The lowest BCUT2D eigenvalue weighted by Gasteiger charge is -2.07. The lowest BCUT2D eigenvalue weighted by atomic mass is 10.1. The highest BCUT2D eigenvalue weighted by atomic mass is 32.1. The average molecular weight is 381 g/mol. The number of thiazole rings is 1. The van der Waals surface area contributed by atoms with Crippen molar-refractivity contribution >= 4 is 17.3 Å². The summed E-state index contributed by atoms with van der Waals surface area (Å²) in [4.78, 5) is 16.3. The van der Waals surface area contributed by atoms with Crippen molar-refractivity contribution in [3.05, 3.63) is 58.4 Å². The summed E-state index contributed by atoms with van der Waals surface area (Å²) < 4.78 is 40.2. The molecule has 0 aliphatic carbocycles. The number of halogens is 3. The highest BCUT2D eigenvalue weighted by Crippen LogP contribution is 2.34. The minimum Gasteiger partial charge on any atom is -0.478 e. The van der Waals surface area contributed by atoms with E-state index in [-0.39, 0.29) is 12.1 Å². The van der Waals surface area contributed by atoms with E-state index < -0.39 is 17.7 Å². The maximum atomic E-state index is 12.9. The highest BCUT2D eigenvalue weighted by Gasteiger charge is 2.30. The molecule has 0 atom stereocenters. The van der Waals surface area contributed by atoms with Gasteiger partial charge < -0.3 is 5.11 Å². The molecule has 0 fully saturated rings. The van der Waals surface area contributed by atoms with Crippen molar-refractivity contribution in [3.8, 4) is 10.6 Å². The Labute approximate surface area is 150 Å². The highest BCUT2D eigenvalue weighted by molar-refractivity contribution is 7.15. The molecule has 0 aliphatic rings. The summed E-state index contributed by atoms with van der Waals surface area (Å²) in [7, 11) is 0. The van der Waals surface area contributed by atoms with Gasteiger partial charge in [0, 0.05) is 16.6 Å². The van der Waals surface area contributed by atoms with Crippen LogP contribution in [-0.2, 0) is 19.1 Å². The van der Waals surface area contributed by atoms with Gasteiger partial charge in [0.15, 0.2) is 0 Å². The minimum absolute atomic E-state index is 0.0661. The summed E-state index contributed by atoms with van der Waals surface area (Å²) in [5.41, 5.74) is 0.418. The summed E-state index contributed by atoms with van der Waals surface area (Å²) in [6.45, 7) is 2.19. The first-order valence-corrected chi connectivity index (χ1v) is 8.51. The number of carboxylic acids is 1. The molecule has 1 aromatic carbocycles. The molecular weight excluding hydrogens is 367 g/mol. The van der Waals surface area contributed by atoms with E-state index in [1.54, 1.807) is 6.07 Å². The zero-order valence-electron chi connectivity index (χ0n) is 13.6. The Morgan fingerprint density at radius 2 is 2.12 bits per heavy atom. The monoisotopic (exact) mass is 381 g/mol. The molecule has 3 rings (SSSR count). The Morgan fingerprint density at radius 3 is 2.73 bits per heavy atom. The minimum atomic E-state index is -4.41. The van der Waals surface area contributed by atoms with E-state index in [9.17, 15) is 18.0 Å². The fourth-order valence-electron chi connectivity index (χ4n) is 2.45. The van der Waals surface area contributed by atoms with Gasteiger partial charge in [-0.3, -0.25) is 4.68 Å². The number of carboxylic acid groups (broad SMARTS) is 1. The van der Waals surface area contributed by atoms with Crippen molar-refractivity contribution in [2.24, 2.45) is 0 Å². The number of carbonyl (C=O) groups is 1. The van der Waals surface area contributed by atoms with E-state index >= 15 is 0 Å². The molecule has 9 heteroatoms. The standard InChI is InChI=1S/C17H14F3N3O2S/c1-2-14-13(9-23-8-11(7-21-23)16(24)25)22-15(26-14)10-4-3-5-12(6-10)17(18,19)20/h3-8H,2,9H2,1H3,(H,24,25). The van der Waals surface area contributed by atoms with E-state index in [1.807, 2.05) is 6.92 Å². The lowest BCUT2D eigenvalue weighted by molar-refractivity contribution is -0.137. The van der Waals surface area contributed by atoms with Crippen LogP contribution in [0.2, 0.25) is 0 Å². The molecule has 0 spiro atoms. The molecule has 2 aromatic heterocycles. The van der Waals surface area contributed by atoms with Crippen LogP contribution in [0.4, 0.5) is 13.2 Å². The Morgan fingerprint density at radius 1 is 1.35 bits per heavy atom. The van der Waals surface area contributed by atoms with Gasteiger partial charge in [-0.25, -0.2) is 9.78 Å². The number of aromatic nitrogens is 3. The van der Waals surface area contributed by atoms with Crippen molar-refractivity contribution in [1.82, 2.24) is 14.8 Å². The summed E-state index contributed by atoms with van der Waals surface area (Å²) in [5, 5.41) is 13.4. The van der Waals surface area contributed by atoms with Gasteiger partial charge >= 0.3 is 12.1 Å². The van der Waals surface area contributed by atoms with E-state index in [0.717, 1.165) is 17.0 Å². The van der Waals surface area contributed by atoms with Crippen molar-refractivity contribution in [2.75, 3.05) is 0 Å². The topological polar surface area (TPSA) is 68.0 Å². The molecule has 26 heavy (non-hydrogen) atoms. The first-order chi connectivity index (χ1) is 12.3. The number of aryl methyl sites for hydroxylation is 1. The van der Waals surface area contributed by atoms with Crippen molar-refractivity contribution < 1.29 is 23.1 Å². The molecule has 0 bridgehead atoms. The molecular formula is C17H14F3N3O2S. The van der Waals surface area contributed by atoms with Gasteiger partial charge in [-0.05, 0) is 18.6 Å². The van der Waals surface area contributed by atoms with Gasteiger partial charge in [0.05, 0.1) is 29.6 Å². The summed E-state index contributed by atoms with van der Waals surface area (Å²) in [6.07, 6.45) is -1.11. The molecule has 3 aromatic rings. The Bertz CT molecular complexity index is 947. The van der Waals surface area contributed by atoms with Gasteiger partial charge in [-0.1, -0.05) is 19.1 Å². The number of benzene rings is 1. The van der Waals surface area contributed by atoms with Crippen molar-refractivity contribution in [1.29, 1.82) is 0 Å². The lowest BCUT2D eigenvalue weighted by Crippen LogP contribution is -2.04. The molecule has 0 aliphatic heterocycles. The van der Waals surface area contributed by atoms with E-state index in [4.69, 9.17) is 5.11 Å². The third-order valence-corrected chi connectivity index (χ3v) is 5.02. The van der Waals surface area contributed by atoms with E-state index in [0.29, 0.717) is 22.7 Å². The molecule has 0 saturated heterocycles. The molecule has 5 nitrogen and oxygen atoms in total. The van der Waals surface area contributed by atoms with Gasteiger partial charge in [-0.2, -0.15) is 18.3 Å². The van der Waals surface area contributed by atoms with Crippen LogP contribution in [0.25, 0.3) is 10.6 Å². The number of hydrogen-bond donors (Lipinski definition) is 1. The maximum Gasteiger partial charge on any atom is 0.416 e. The summed E-state index contributed by atoms with van der Waals surface area (Å²) in [5.74, 6) is -1.07. The zero-order valence-corrected chi connectivity index (χ0v) is 14.4. The van der Waals surface area contributed by atoms with Crippen molar-refractivity contribution in [2.45, 2.75) is 26.1 Å². The number of nitrogens with zero attached hydrogens (tertiary/aromatic N) is 3. The number of hydrogen-bond acceptors (Lipinski definition) is 4. The predicted octanol–water partition coefficient (Wildman–Crippen LogP) is 4.33. The SMILES string of the molecule is CCc1sc(-c2cccc(C(F)(F)F)c2)nc1Cn1cc(C(=O)O)cn1. The van der Waals surface area contributed by atoms with Gasteiger partial charge in [0.25, 0.3) is 0 Å². The smallest absolute Gasteiger partial charge is 0.416 e. The second-order valence-corrected chi connectivity index (χ2v) is 6.64. The average Bonchev–Trinajstić information content (AvgIpc) is 3.21. The number of alkyl halides is 3. The quantitative estimate of drug-likeness (QED) is 0.714. The van der Waals surface area contributed by atoms with Crippen LogP contribution in [0, 0.1) is 0 Å². The van der Waals surface area contributed by atoms with Crippen LogP contribution in [0.3, 0.4) is 0 Å². The van der Waals surface area contributed by atoms with Crippen LogP contribution in [0.5, 0.6) is 0 Å². The van der Waals surface area contributed by atoms with E-state index in [2.05, 4.69) is 10.1 Å². The van der Waals surface area contributed by atoms with Crippen LogP contribution in [-0.4, -0.2) is 25.8 Å². The second-order valence-electron chi connectivity index (χ2n) is 5.55. The van der Waals surface area contributed by atoms with Crippen LogP contribution >= 0.6 is 11.3 Å². The molecule has 136 valence electrons. The number of aromatic carboxylic acids is 1. The van der Waals surface area contributed by atoms with Crippen molar-refractivity contribution in [3.63, 3.8) is 0 Å². The number of rotatable bonds is 5. The first-order valence-electron chi connectivity index (χ1n) is 7.70. The Hall–Kier alpha value is -2.68. The molecule has 0 radical (unpaired) electrons. The van der Waals surface area contributed by atoms with Gasteiger partial charge in [-0.15, -0.1) is 11.3 Å². The Kier molecular flexibility index (Phi) is 4.82. The van der Waals surface area contributed by atoms with Gasteiger partial charge in [0.2, 0.25) is 0 Å². The molecule has 1 N–H and O–H groups in total. The fraction of sp³-hybridized carbons (Fsp3) is 0.235. The van der Waals surface area contributed by atoms with Crippen LogP contribution in [0.1, 0.15) is 33.4 Å². The zero-order chi connectivity index (χ0) is 18.9. The molecule has 0 saturated carbocycles. The van der Waals surface area contributed by atoms with Crippen LogP contribution in [0.15, 0.2) is 36.7 Å². The molecule has 0 amide bonds. The molecule has 0 unspecified atom stereocenters. The van der Waals surface area contributed by atoms with Crippen LogP contribution < -0.4 is 0 Å². The fourth-order valence-corrected chi connectivity index (χ4v) is 3.46. The predicted molar refractivity (Wildman–Crippen MR) is 90.2 cm³/mol. The third kappa shape index (κ3) is 3.77. The summed E-state index contributed by atoms with van der Waals surface area (Å²) in [6, 6.07) is 5.06.